The van der Waals surface area contributed by atoms with Crippen LogP contribution in [0.5, 0.6) is 5.75 Å². The number of anilines is 1. The molecule has 0 fully saturated rings. The van der Waals surface area contributed by atoms with Crippen molar-refractivity contribution in [1.82, 2.24) is 14.3 Å². The fourth-order valence-corrected chi connectivity index (χ4v) is 4.54. The first kappa shape index (κ1) is 21.6. The molecule has 4 aromatic rings. The molecule has 8 heteroatoms. The second kappa shape index (κ2) is 7.98. The van der Waals surface area contributed by atoms with Crippen LogP contribution in [0.15, 0.2) is 59.4 Å². The second-order valence-electron chi connectivity index (χ2n) is 8.53. The Hall–Kier alpha value is -4.20. The molecule has 1 unspecified atom stereocenters. The third-order valence-corrected chi connectivity index (χ3v) is 6.33. The van der Waals surface area contributed by atoms with Crippen LogP contribution in [0, 0.1) is 13.8 Å². The van der Waals surface area contributed by atoms with Crippen molar-refractivity contribution < 1.29 is 14.3 Å². The number of ketones is 1. The van der Waals surface area contributed by atoms with Crippen molar-refractivity contribution in [3.8, 4) is 11.4 Å². The van der Waals surface area contributed by atoms with Gasteiger partial charge >= 0.3 is 0 Å². The van der Waals surface area contributed by atoms with Crippen LogP contribution in [0.4, 0.5) is 5.69 Å². The average molecular weight is 457 g/mol. The zero-order valence-electron chi connectivity index (χ0n) is 19.4. The largest absolute Gasteiger partial charge is 0.482 e. The zero-order valence-corrected chi connectivity index (χ0v) is 19.4. The molecule has 3 heterocycles. The smallest absolute Gasteiger partial charge is 0.264 e. The number of carbonyl (C=O) groups is 2. The SMILES string of the molecule is Cc1cc(=O)n(C(C)C(=O)c2ccc3c(c2)N(C)C(=O)CO3)c2c1c(C)nn2-c1ccccc1. The molecule has 0 bridgehead atoms. The van der Waals surface area contributed by atoms with E-state index < -0.39 is 6.04 Å². The van der Waals surface area contributed by atoms with E-state index in [2.05, 4.69) is 0 Å². The number of fused-ring (bicyclic) bond motifs is 2. The molecule has 34 heavy (non-hydrogen) atoms. The van der Waals surface area contributed by atoms with Crippen LogP contribution >= 0.6 is 0 Å². The molecule has 172 valence electrons. The lowest BCUT2D eigenvalue weighted by atomic mass is 10.0. The normalized spacial score (nSPS) is 14.1. The summed E-state index contributed by atoms with van der Waals surface area (Å²) in [6.07, 6.45) is 0. The number of hydrogen-bond acceptors (Lipinski definition) is 5. The maximum absolute atomic E-state index is 13.6. The Bertz CT molecular complexity index is 1520. The third kappa shape index (κ3) is 3.30. The van der Waals surface area contributed by atoms with Gasteiger partial charge in [-0.05, 0) is 56.7 Å². The third-order valence-electron chi connectivity index (χ3n) is 6.33. The van der Waals surface area contributed by atoms with Crippen LogP contribution in [-0.2, 0) is 4.79 Å². The van der Waals surface area contributed by atoms with Crippen molar-refractivity contribution in [3.63, 3.8) is 0 Å². The molecule has 2 aromatic heterocycles. The lowest BCUT2D eigenvalue weighted by Crippen LogP contribution is -2.35. The minimum absolute atomic E-state index is 0.0350. The van der Waals surface area contributed by atoms with E-state index in [1.807, 2.05) is 44.2 Å². The van der Waals surface area contributed by atoms with E-state index in [9.17, 15) is 14.4 Å². The van der Waals surface area contributed by atoms with Crippen LogP contribution in [-0.4, -0.2) is 39.7 Å². The van der Waals surface area contributed by atoms with E-state index in [0.29, 0.717) is 22.6 Å². The monoisotopic (exact) mass is 456 g/mol. The molecule has 0 saturated heterocycles. The van der Waals surface area contributed by atoms with Gasteiger partial charge in [-0.1, -0.05) is 18.2 Å². The van der Waals surface area contributed by atoms with Gasteiger partial charge in [0, 0.05) is 24.1 Å². The van der Waals surface area contributed by atoms with Gasteiger partial charge in [-0.2, -0.15) is 5.10 Å². The van der Waals surface area contributed by atoms with E-state index in [4.69, 9.17) is 9.84 Å². The molecule has 8 nitrogen and oxygen atoms in total. The van der Waals surface area contributed by atoms with Gasteiger partial charge in [-0.3, -0.25) is 19.0 Å². The molecular weight excluding hydrogens is 432 g/mol. The Labute approximate surface area is 196 Å². The number of pyridine rings is 1. The van der Waals surface area contributed by atoms with E-state index in [1.165, 1.54) is 9.47 Å². The number of carbonyl (C=O) groups excluding carboxylic acids is 2. The summed E-state index contributed by atoms with van der Waals surface area (Å²) in [5.41, 5.74) is 3.59. The fraction of sp³-hybridized carbons (Fsp3) is 0.231. The number of benzene rings is 2. The van der Waals surface area contributed by atoms with Gasteiger partial charge in [0.15, 0.2) is 12.4 Å². The Morgan fingerprint density at radius 3 is 2.53 bits per heavy atom. The van der Waals surface area contributed by atoms with Gasteiger partial charge in [-0.15, -0.1) is 0 Å². The number of Topliss-reactive ketones (excluding diaryl/α,β-unsaturated/α-hetero) is 1. The highest BCUT2D eigenvalue weighted by molar-refractivity contribution is 6.03. The van der Waals surface area contributed by atoms with E-state index >= 15 is 0 Å². The molecule has 1 atom stereocenters. The molecule has 0 aliphatic carbocycles. The minimum atomic E-state index is -0.808. The molecule has 1 amide bonds. The highest BCUT2D eigenvalue weighted by atomic mass is 16.5. The maximum atomic E-state index is 13.6. The van der Waals surface area contributed by atoms with Gasteiger partial charge in [-0.25, -0.2) is 4.68 Å². The Morgan fingerprint density at radius 1 is 1.06 bits per heavy atom. The van der Waals surface area contributed by atoms with Gasteiger partial charge in [0.25, 0.3) is 11.5 Å². The van der Waals surface area contributed by atoms with Gasteiger partial charge in [0.1, 0.15) is 11.4 Å². The van der Waals surface area contributed by atoms with E-state index in [0.717, 1.165) is 22.3 Å². The molecule has 0 N–H and O–H groups in total. The van der Waals surface area contributed by atoms with Crippen molar-refractivity contribution >= 4 is 28.4 Å². The summed E-state index contributed by atoms with van der Waals surface area (Å²) in [5, 5.41) is 5.54. The summed E-state index contributed by atoms with van der Waals surface area (Å²) in [5.74, 6) is 0.0998. The topological polar surface area (TPSA) is 86.4 Å². The number of likely N-dealkylation sites (N-methyl/N-ethyl adjacent to an activating group) is 1. The Kier molecular flexibility index (Phi) is 5.08. The summed E-state index contributed by atoms with van der Waals surface area (Å²) < 4.78 is 8.69. The summed E-state index contributed by atoms with van der Waals surface area (Å²) in [4.78, 5) is 40.4. The highest BCUT2D eigenvalue weighted by Crippen LogP contribution is 2.33. The van der Waals surface area contributed by atoms with Crippen molar-refractivity contribution in [3.05, 3.63) is 81.8 Å². The molecule has 1 aliphatic heterocycles. The standard InChI is InChI=1S/C26H24N4O4/c1-15-12-22(31)29(26-24(15)16(2)27-30(26)19-8-6-5-7-9-19)17(3)25(33)18-10-11-21-20(13-18)28(4)23(32)14-34-21/h5-13,17H,14H2,1-4H3. The maximum Gasteiger partial charge on any atom is 0.264 e. The minimum Gasteiger partial charge on any atom is -0.482 e. The lowest BCUT2D eigenvalue weighted by molar-refractivity contribution is -0.120. The van der Waals surface area contributed by atoms with E-state index in [1.54, 1.807) is 42.9 Å². The average Bonchev–Trinajstić information content (AvgIpc) is 3.18. The summed E-state index contributed by atoms with van der Waals surface area (Å²) >= 11 is 0. The molecular formula is C26H24N4O4. The molecule has 0 radical (unpaired) electrons. The Balaban J connectivity index is 1.67. The quantitative estimate of drug-likeness (QED) is 0.438. The Morgan fingerprint density at radius 2 is 1.79 bits per heavy atom. The van der Waals surface area contributed by atoms with Gasteiger partial charge < -0.3 is 9.64 Å². The number of aromatic nitrogens is 3. The highest BCUT2D eigenvalue weighted by Gasteiger charge is 2.27. The number of nitrogens with zero attached hydrogens (tertiary/aromatic N) is 4. The zero-order chi connectivity index (χ0) is 24.1. The molecule has 0 spiro atoms. The van der Waals surface area contributed by atoms with Crippen LogP contribution in [0.3, 0.4) is 0 Å². The van der Waals surface area contributed by atoms with Crippen LogP contribution in [0.1, 0.15) is 34.6 Å². The number of para-hydroxylation sites is 1. The van der Waals surface area contributed by atoms with Crippen molar-refractivity contribution in [2.75, 3.05) is 18.6 Å². The van der Waals surface area contributed by atoms with Crippen molar-refractivity contribution in [1.29, 1.82) is 0 Å². The molecule has 2 aromatic carbocycles. The molecule has 1 aliphatic rings. The summed E-state index contributed by atoms with van der Waals surface area (Å²) in [6, 6.07) is 15.3. The van der Waals surface area contributed by atoms with Crippen molar-refractivity contribution in [2.24, 2.45) is 0 Å². The predicted octanol–water partition coefficient (Wildman–Crippen LogP) is 3.60. The first-order chi connectivity index (χ1) is 16.3. The lowest BCUT2D eigenvalue weighted by Gasteiger charge is -2.26. The number of amides is 1. The summed E-state index contributed by atoms with van der Waals surface area (Å²) in [7, 11) is 1.65. The van der Waals surface area contributed by atoms with Crippen molar-refractivity contribution in [2.45, 2.75) is 26.8 Å². The van der Waals surface area contributed by atoms with Gasteiger partial charge in [0.05, 0.1) is 23.1 Å². The van der Waals surface area contributed by atoms with Crippen LogP contribution in [0.25, 0.3) is 16.7 Å². The number of ether oxygens (including phenoxy) is 1. The molecule has 5 rings (SSSR count). The predicted molar refractivity (Wildman–Crippen MR) is 129 cm³/mol. The summed E-state index contributed by atoms with van der Waals surface area (Å²) in [6.45, 7) is 5.45. The number of rotatable bonds is 4. The first-order valence-electron chi connectivity index (χ1n) is 11.0. The first-order valence-corrected chi connectivity index (χ1v) is 11.0. The number of aryl methyl sites for hydroxylation is 2. The molecule has 0 saturated carbocycles. The second-order valence-corrected chi connectivity index (χ2v) is 8.53. The van der Waals surface area contributed by atoms with E-state index in [-0.39, 0.29) is 23.9 Å². The number of hydrogen-bond donors (Lipinski definition) is 0. The van der Waals surface area contributed by atoms with Crippen LogP contribution in [0.2, 0.25) is 0 Å². The fourth-order valence-electron chi connectivity index (χ4n) is 4.54. The van der Waals surface area contributed by atoms with Gasteiger partial charge in [0.2, 0.25) is 0 Å². The van der Waals surface area contributed by atoms with Crippen LogP contribution < -0.4 is 15.2 Å².